The molecule has 1 N–H and O–H groups in total. The average molecular weight is 463 g/mol. The monoisotopic (exact) mass is 462 g/mol. The van der Waals surface area contributed by atoms with Gasteiger partial charge in [-0.25, -0.2) is 0 Å². The van der Waals surface area contributed by atoms with Crippen molar-refractivity contribution in [2.24, 2.45) is 0 Å². The van der Waals surface area contributed by atoms with Gasteiger partial charge in [0.25, 0.3) is 11.7 Å². The smallest absolute Gasteiger partial charge is 0.296 e. The molecule has 1 aliphatic heterocycles. The van der Waals surface area contributed by atoms with Crippen LogP contribution < -0.4 is 4.74 Å². The minimum Gasteiger partial charge on any atom is -0.507 e. The summed E-state index contributed by atoms with van der Waals surface area (Å²) in [6, 6.07) is 16.9. The molecule has 2 heterocycles. The predicted molar refractivity (Wildman–Crippen MR) is 126 cm³/mol. The van der Waals surface area contributed by atoms with Gasteiger partial charge in [-0.15, -0.1) is 0 Å². The van der Waals surface area contributed by atoms with Crippen molar-refractivity contribution in [3.63, 3.8) is 0 Å². The van der Waals surface area contributed by atoms with Crippen molar-refractivity contribution in [1.82, 2.24) is 9.88 Å². The summed E-state index contributed by atoms with van der Waals surface area (Å²) < 4.78 is 5.53. The maximum absolute atomic E-state index is 13.2. The second kappa shape index (κ2) is 9.46. The third-order valence-corrected chi connectivity index (χ3v) is 5.92. The van der Waals surface area contributed by atoms with Gasteiger partial charge < -0.3 is 14.7 Å². The van der Waals surface area contributed by atoms with Crippen LogP contribution in [-0.2, 0) is 16.1 Å². The van der Waals surface area contributed by atoms with E-state index in [2.05, 4.69) is 4.98 Å². The van der Waals surface area contributed by atoms with Crippen molar-refractivity contribution in [3.05, 3.63) is 99.8 Å². The van der Waals surface area contributed by atoms with E-state index in [0.717, 1.165) is 11.1 Å². The molecule has 33 heavy (non-hydrogen) atoms. The van der Waals surface area contributed by atoms with E-state index in [-0.39, 0.29) is 28.5 Å². The molecule has 0 radical (unpaired) electrons. The molecule has 3 aromatic rings. The molecule has 1 unspecified atom stereocenters. The number of nitrogens with zero attached hydrogens (tertiary/aromatic N) is 2. The second-order valence-corrected chi connectivity index (χ2v) is 8.09. The number of carbonyl (C=O) groups is 2. The van der Waals surface area contributed by atoms with Gasteiger partial charge in [-0.05, 0) is 55.3 Å². The van der Waals surface area contributed by atoms with Crippen LogP contribution in [0.15, 0.2) is 72.4 Å². The number of amides is 1. The maximum Gasteiger partial charge on any atom is 0.296 e. The van der Waals surface area contributed by atoms with Crippen LogP contribution in [-0.4, -0.2) is 33.3 Å². The molecule has 1 aromatic heterocycles. The van der Waals surface area contributed by atoms with Crippen LogP contribution in [0.25, 0.3) is 5.76 Å². The molecule has 0 bridgehead atoms. The number of likely N-dealkylation sites (tertiary alicyclic amines) is 1. The Hall–Kier alpha value is -3.64. The topological polar surface area (TPSA) is 79.7 Å². The zero-order chi connectivity index (χ0) is 23.5. The van der Waals surface area contributed by atoms with Gasteiger partial charge >= 0.3 is 0 Å². The number of halogens is 1. The van der Waals surface area contributed by atoms with E-state index in [1.807, 2.05) is 44.2 Å². The standard InChI is InChI=1S/C26H23ClN2O4/c1-3-33-18-11-12-21(27)20(14-18)24(30)22-23(19-10-5-4-8-16(19)2)29(26(32)25(22)31)15-17-9-6-7-13-28-17/h4-14,23,30H,3,15H2,1-2H3/b24-22+. The lowest BCUT2D eigenvalue weighted by molar-refractivity contribution is -0.140. The first-order valence-corrected chi connectivity index (χ1v) is 11.0. The lowest BCUT2D eigenvalue weighted by atomic mass is 9.92. The summed E-state index contributed by atoms with van der Waals surface area (Å²) in [5, 5.41) is 11.6. The summed E-state index contributed by atoms with van der Waals surface area (Å²) in [6.07, 6.45) is 1.63. The maximum atomic E-state index is 13.2. The number of aromatic nitrogens is 1. The Morgan fingerprint density at radius 1 is 1.12 bits per heavy atom. The Bertz CT molecular complexity index is 1240. The Balaban J connectivity index is 1.90. The van der Waals surface area contributed by atoms with Crippen molar-refractivity contribution >= 4 is 29.1 Å². The van der Waals surface area contributed by atoms with E-state index in [1.54, 1.807) is 36.5 Å². The number of aliphatic hydroxyl groups excluding tert-OH is 1. The molecule has 1 aliphatic rings. The van der Waals surface area contributed by atoms with Gasteiger partial charge in [0.1, 0.15) is 11.5 Å². The number of carbonyl (C=O) groups excluding carboxylic acids is 2. The van der Waals surface area contributed by atoms with Crippen LogP contribution in [0, 0.1) is 6.92 Å². The molecule has 1 atom stereocenters. The Morgan fingerprint density at radius 3 is 2.58 bits per heavy atom. The van der Waals surface area contributed by atoms with Crippen LogP contribution in [0.2, 0.25) is 5.02 Å². The number of hydrogen-bond acceptors (Lipinski definition) is 5. The van der Waals surface area contributed by atoms with Crippen LogP contribution in [0.3, 0.4) is 0 Å². The molecular formula is C26H23ClN2O4. The fraction of sp³-hybridized carbons (Fsp3) is 0.192. The molecule has 6 nitrogen and oxygen atoms in total. The second-order valence-electron chi connectivity index (χ2n) is 7.68. The SMILES string of the molecule is CCOc1ccc(Cl)c(/C(O)=C2\C(=O)C(=O)N(Cc3ccccn3)C2c2ccccc2C)c1. The van der Waals surface area contributed by atoms with E-state index in [1.165, 1.54) is 4.90 Å². The number of aryl methyl sites for hydroxylation is 1. The van der Waals surface area contributed by atoms with Crippen LogP contribution in [0.4, 0.5) is 0 Å². The quantitative estimate of drug-likeness (QED) is 0.314. The molecule has 1 fully saturated rings. The van der Waals surface area contributed by atoms with Crippen molar-refractivity contribution in [2.75, 3.05) is 6.61 Å². The van der Waals surface area contributed by atoms with E-state index >= 15 is 0 Å². The number of aliphatic hydroxyl groups is 1. The first-order valence-electron chi connectivity index (χ1n) is 10.6. The van der Waals surface area contributed by atoms with Gasteiger partial charge in [-0.1, -0.05) is 41.9 Å². The zero-order valence-electron chi connectivity index (χ0n) is 18.3. The summed E-state index contributed by atoms with van der Waals surface area (Å²) in [4.78, 5) is 32.1. The molecule has 4 rings (SSSR count). The normalized spacial score (nSPS) is 17.4. The molecule has 1 amide bonds. The largest absolute Gasteiger partial charge is 0.507 e. The molecule has 0 spiro atoms. The molecule has 0 aliphatic carbocycles. The lowest BCUT2D eigenvalue weighted by Gasteiger charge is -2.26. The Kier molecular flexibility index (Phi) is 6.47. The Morgan fingerprint density at radius 2 is 1.88 bits per heavy atom. The van der Waals surface area contributed by atoms with Crippen molar-refractivity contribution in [2.45, 2.75) is 26.4 Å². The average Bonchev–Trinajstić information content (AvgIpc) is 3.06. The van der Waals surface area contributed by atoms with Gasteiger partial charge in [0.2, 0.25) is 0 Å². The minimum absolute atomic E-state index is 0.0132. The highest BCUT2D eigenvalue weighted by Crippen LogP contribution is 2.42. The molecule has 168 valence electrons. The van der Waals surface area contributed by atoms with E-state index in [4.69, 9.17) is 16.3 Å². The molecule has 2 aromatic carbocycles. The number of ketones is 1. The third-order valence-electron chi connectivity index (χ3n) is 5.59. The van der Waals surface area contributed by atoms with Gasteiger partial charge in [0, 0.05) is 11.8 Å². The summed E-state index contributed by atoms with van der Waals surface area (Å²) >= 11 is 6.38. The van der Waals surface area contributed by atoms with Gasteiger partial charge in [0.05, 0.1) is 35.5 Å². The van der Waals surface area contributed by atoms with Crippen LogP contribution in [0.5, 0.6) is 5.75 Å². The van der Waals surface area contributed by atoms with Crippen molar-refractivity contribution in [3.8, 4) is 5.75 Å². The van der Waals surface area contributed by atoms with Gasteiger partial charge in [-0.2, -0.15) is 0 Å². The van der Waals surface area contributed by atoms with Crippen LogP contribution in [0.1, 0.15) is 35.3 Å². The van der Waals surface area contributed by atoms with E-state index < -0.39 is 17.7 Å². The molecule has 1 saturated heterocycles. The summed E-state index contributed by atoms with van der Waals surface area (Å²) in [5.74, 6) is -1.31. The number of hydrogen-bond donors (Lipinski definition) is 1. The van der Waals surface area contributed by atoms with Crippen molar-refractivity contribution < 1.29 is 19.4 Å². The summed E-state index contributed by atoms with van der Waals surface area (Å²) in [7, 11) is 0. The van der Waals surface area contributed by atoms with Crippen molar-refractivity contribution in [1.29, 1.82) is 0 Å². The van der Waals surface area contributed by atoms with Gasteiger partial charge in [-0.3, -0.25) is 14.6 Å². The minimum atomic E-state index is -0.792. The number of pyridine rings is 1. The van der Waals surface area contributed by atoms with Gasteiger partial charge in [0.15, 0.2) is 0 Å². The zero-order valence-corrected chi connectivity index (χ0v) is 19.0. The molecule has 7 heteroatoms. The lowest BCUT2D eigenvalue weighted by Crippen LogP contribution is -2.29. The summed E-state index contributed by atoms with van der Waals surface area (Å²) in [5.41, 5.74) is 2.48. The third kappa shape index (κ3) is 4.34. The first kappa shape index (κ1) is 22.6. The summed E-state index contributed by atoms with van der Waals surface area (Å²) in [6.45, 7) is 4.29. The number of benzene rings is 2. The predicted octanol–water partition coefficient (Wildman–Crippen LogP) is 5.06. The van der Waals surface area contributed by atoms with Crippen LogP contribution >= 0.6 is 11.6 Å². The fourth-order valence-electron chi connectivity index (χ4n) is 4.01. The van der Waals surface area contributed by atoms with E-state index in [9.17, 15) is 14.7 Å². The van der Waals surface area contributed by atoms with E-state index in [0.29, 0.717) is 18.1 Å². The first-order chi connectivity index (χ1) is 15.9. The fourth-order valence-corrected chi connectivity index (χ4v) is 4.22. The molecule has 0 saturated carbocycles. The number of ether oxygens (including phenoxy) is 1. The highest BCUT2D eigenvalue weighted by Gasteiger charge is 2.46. The molecular weight excluding hydrogens is 440 g/mol. The number of rotatable bonds is 6. The highest BCUT2D eigenvalue weighted by molar-refractivity contribution is 6.47. The highest BCUT2D eigenvalue weighted by atomic mass is 35.5. The number of Topliss-reactive ketones (excluding diaryl/α,β-unsaturated/α-hetero) is 1. The Labute approximate surface area is 197 Å².